The van der Waals surface area contributed by atoms with Gasteiger partial charge in [0.2, 0.25) is 0 Å². The lowest BCUT2D eigenvalue weighted by Gasteiger charge is -2.17. The SMILES string of the molecule is Cn1cc(-c2ccc3nc(NC(=O)c4ccc(C(C)(C)C)nc4)cn3c2)cn1. The number of nitrogens with one attached hydrogen (secondary N) is 1. The Morgan fingerprint density at radius 2 is 1.82 bits per heavy atom. The van der Waals surface area contributed by atoms with Gasteiger partial charge in [-0.3, -0.25) is 14.5 Å². The van der Waals surface area contributed by atoms with Crippen LogP contribution in [0.15, 0.2) is 55.2 Å². The van der Waals surface area contributed by atoms with Crippen molar-refractivity contribution in [2.24, 2.45) is 7.05 Å². The first-order valence-corrected chi connectivity index (χ1v) is 9.05. The summed E-state index contributed by atoms with van der Waals surface area (Å²) >= 11 is 0. The maximum absolute atomic E-state index is 12.5. The van der Waals surface area contributed by atoms with Crippen molar-refractivity contribution in [3.63, 3.8) is 0 Å². The number of aromatic nitrogens is 5. The highest BCUT2D eigenvalue weighted by molar-refractivity contribution is 6.03. The Bertz CT molecular complexity index is 1150. The van der Waals surface area contributed by atoms with Crippen molar-refractivity contribution < 1.29 is 4.79 Å². The fourth-order valence-electron chi connectivity index (χ4n) is 2.95. The van der Waals surface area contributed by atoms with Gasteiger partial charge in [0.1, 0.15) is 5.65 Å². The van der Waals surface area contributed by atoms with Crippen LogP contribution in [-0.4, -0.2) is 30.1 Å². The summed E-state index contributed by atoms with van der Waals surface area (Å²) < 4.78 is 3.65. The van der Waals surface area contributed by atoms with E-state index in [0.717, 1.165) is 22.5 Å². The molecule has 0 aliphatic carbocycles. The Balaban J connectivity index is 1.55. The van der Waals surface area contributed by atoms with Crippen molar-refractivity contribution in [3.8, 4) is 11.1 Å². The summed E-state index contributed by atoms with van der Waals surface area (Å²) in [5, 5.41) is 7.04. The van der Waals surface area contributed by atoms with E-state index in [-0.39, 0.29) is 11.3 Å². The average Bonchev–Trinajstić information content (AvgIpc) is 3.26. The van der Waals surface area contributed by atoms with Crippen LogP contribution in [0.3, 0.4) is 0 Å². The smallest absolute Gasteiger partial charge is 0.258 e. The molecular weight excluding hydrogens is 352 g/mol. The number of carbonyl (C=O) groups excluding carboxylic acids is 1. The summed E-state index contributed by atoms with van der Waals surface area (Å²) in [6, 6.07) is 7.58. The molecular formula is C21H22N6O. The third kappa shape index (κ3) is 3.51. The summed E-state index contributed by atoms with van der Waals surface area (Å²) in [5.41, 5.74) is 4.19. The van der Waals surface area contributed by atoms with Gasteiger partial charge in [-0.15, -0.1) is 0 Å². The molecule has 28 heavy (non-hydrogen) atoms. The number of pyridine rings is 2. The standard InChI is InChI=1S/C21H22N6O/c1-21(2,3)17-7-5-14(9-22-17)20(28)25-18-13-27-12-15(6-8-19(27)24-18)16-10-23-26(4)11-16/h5-13H,1-4H3,(H,25,28). The van der Waals surface area contributed by atoms with Gasteiger partial charge >= 0.3 is 0 Å². The normalized spacial score (nSPS) is 11.7. The van der Waals surface area contributed by atoms with Crippen LogP contribution < -0.4 is 5.32 Å². The van der Waals surface area contributed by atoms with Crippen LogP contribution in [0.4, 0.5) is 5.82 Å². The highest BCUT2D eigenvalue weighted by Gasteiger charge is 2.16. The molecule has 1 N–H and O–H groups in total. The van der Waals surface area contributed by atoms with E-state index in [4.69, 9.17) is 0 Å². The van der Waals surface area contributed by atoms with Crippen LogP contribution in [0.2, 0.25) is 0 Å². The first-order valence-electron chi connectivity index (χ1n) is 9.05. The molecule has 7 nitrogen and oxygen atoms in total. The first-order chi connectivity index (χ1) is 13.3. The van der Waals surface area contributed by atoms with Crippen molar-refractivity contribution in [3.05, 3.63) is 66.5 Å². The minimum absolute atomic E-state index is 0.0530. The first kappa shape index (κ1) is 17.9. The minimum Gasteiger partial charge on any atom is -0.305 e. The highest BCUT2D eigenvalue weighted by Crippen LogP contribution is 2.22. The molecule has 0 saturated carbocycles. The van der Waals surface area contributed by atoms with Gasteiger partial charge in [0.25, 0.3) is 5.91 Å². The number of nitrogens with zero attached hydrogens (tertiary/aromatic N) is 5. The molecule has 142 valence electrons. The molecule has 0 aliphatic rings. The van der Waals surface area contributed by atoms with E-state index in [1.165, 1.54) is 0 Å². The highest BCUT2D eigenvalue weighted by atomic mass is 16.1. The molecule has 1 amide bonds. The largest absolute Gasteiger partial charge is 0.305 e. The number of imidazole rings is 1. The molecule has 7 heteroatoms. The van der Waals surface area contributed by atoms with Crippen molar-refractivity contribution in [2.75, 3.05) is 5.32 Å². The molecule has 0 aromatic carbocycles. The van der Waals surface area contributed by atoms with E-state index < -0.39 is 0 Å². The molecule has 0 unspecified atom stereocenters. The van der Waals surface area contributed by atoms with Crippen LogP contribution in [0, 0.1) is 0 Å². The zero-order valence-corrected chi connectivity index (χ0v) is 16.3. The van der Waals surface area contributed by atoms with Gasteiger partial charge in [0, 0.05) is 47.9 Å². The molecule has 4 heterocycles. The second-order valence-electron chi connectivity index (χ2n) is 7.85. The fourth-order valence-corrected chi connectivity index (χ4v) is 2.95. The Kier molecular flexibility index (Phi) is 4.22. The Hall–Kier alpha value is -3.48. The number of anilines is 1. The predicted octanol–water partition coefficient (Wildman–Crippen LogP) is 3.68. The van der Waals surface area contributed by atoms with Gasteiger partial charge in [0.15, 0.2) is 5.82 Å². The lowest BCUT2D eigenvalue weighted by atomic mass is 9.91. The van der Waals surface area contributed by atoms with E-state index in [0.29, 0.717) is 11.4 Å². The Morgan fingerprint density at radius 3 is 2.46 bits per heavy atom. The lowest BCUT2D eigenvalue weighted by molar-refractivity contribution is 0.102. The second-order valence-corrected chi connectivity index (χ2v) is 7.85. The fraction of sp³-hybridized carbons (Fsp3) is 0.238. The summed E-state index contributed by atoms with van der Waals surface area (Å²) in [7, 11) is 1.88. The van der Waals surface area contributed by atoms with Crippen LogP contribution >= 0.6 is 0 Å². The molecule has 0 saturated heterocycles. The molecule has 0 atom stereocenters. The quantitative estimate of drug-likeness (QED) is 0.593. The lowest BCUT2D eigenvalue weighted by Crippen LogP contribution is -2.16. The molecule has 4 aromatic heterocycles. The monoisotopic (exact) mass is 374 g/mol. The third-order valence-corrected chi connectivity index (χ3v) is 4.52. The summed E-state index contributed by atoms with van der Waals surface area (Å²) in [5.74, 6) is 0.261. The van der Waals surface area contributed by atoms with Crippen molar-refractivity contribution in [1.82, 2.24) is 24.1 Å². The number of carbonyl (C=O) groups is 1. The minimum atomic E-state index is -0.233. The van der Waals surface area contributed by atoms with E-state index >= 15 is 0 Å². The van der Waals surface area contributed by atoms with E-state index in [2.05, 4.69) is 41.2 Å². The van der Waals surface area contributed by atoms with Gasteiger partial charge in [-0.1, -0.05) is 20.8 Å². The van der Waals surface area contributed by atoms with Crippen LogP contribution in [0.25, 0.3) is 16.8 Å². The molecule has 0 aliphatic heterocycles. The van der Waals surface area contributed by atoms with E-state index in [9.17, 15) is 4.79 Å². The third-order valence-electron chi connectivity index (χ3n) is 4.52. The maximum Gasteiger partial charge on any atom is 0.258 e. The van der Waals surface area contributed by atoms with Gasteiger partial charge in [-0.25, -0.2) is 4.98 Å². The number of amides is 1. The van der Waals surface area contributed by atoms with Gasteiger partial charge in [-0.05, 0) is 24.3 Å². The molecule has 4 aromatic rings. The van der Waals surface area contributed by atoms with Crippen LogP contribution in [-0.2, 0) is 12.5 Å². The van der Waals surface area contributed by atoms with Crippen LogP contribution in [0.5, 0.6) is 0 Å². The topological polar surface area (TPSA) is 77.1 Å². The molecule has 0 bridgehead atoms. The predicted molar refractivity (Wildman–Crippen MR) is 108 cm³/mol. The van der Waals surface area contributed by atoms with Gasteiger partial charge in [0.05, 0.1) is 18.0 Å². The number of hydrogen-bond acceptors (Lipinski definition) is 4. The number of fused-ring (bicyclic) bond motifs is 1. The van der Waals surface area contributed by atoms with Crippen molar-refractivity contribution >= 4 is 17.4 Å². The second kappa shape index (κ2) is 6.60. The Morgan fingerprint density at radius 1 is 1.00 bits per heavy atom. The maximum atomic E-state index is 12.5. The van der Waals surface area contributed by atoms with Gasteiger partial charge in [-0.2, -0.15) is 5.10 Å². The summed E-state index contributed by atoms with van der Waals surface area (Å²) in [4.78, 5) is 21.4. The van der Waals surface area contributed by atoms with Crippen molar-refractivity contribution in [1.29, 1.82) is 0 Å². The van der Waals surface area contributed by atoms with E-state index in [1.807, 2.05) is 48.2 Å². The van der Waals surface area contributed by atoms with Crippen LogP contribution in [0.1, 0.15) is 36.8 Å². The molecule has 0 radical (unpaired) electrons. The molecule has 0 spiro atoms. The number of hydrogen-bond donors (Lipinski definition) is 1. The molecule has 4 rings (SSSR count). The van der Waals surface area contributed by atoms with Gasteiger partial charge < -0.3 is 9.72 Å². The van der Waals surface area contributed by atoms with Crippen molar-refractivity contribution in [2.45, 2.75) is 26.2 Å². The number of aryl methyl sites for hydroxylation is 1. The molecule has 0 fully saturated rings. The van der Waals surface area contributed by atoms with E-state index in [1.54, 1.807) is 23.1 Å². The number of rotatable bonds is 3. The zero-order valence-electron chi connectivity index (χ0n) is 16.3. The average molecular weight is 374 g/mol. The zero-order chi connectivity index (χ0) is 19.9. The Labute approximate surface area is 163 Å². The summed E-state index contributed by atoms with van der Waals surface area (Å²) in [6.07, 6.45) is 9.13. The summed E-state index contributed by atoms with van der Waals surface area (Å²) in [6.45, 7) is 6.27.